The molecule has 152 valence electrons. The minimum Gasteiger partial charge on any atom is -0.459 e. The number of nitriles is 1. The Balaban J connectivity index is 1.26. The summed E-state index contributed by atoms with van der Waals surface area (Å²) in [6.45, 7) is 2.77. The van der Waals surface area contributed by atoms with Gasteiger partial charge in [0, 0.05) is 45.1 Å². The number of aromatic nitrogens is 1. The molecule has 9 heteroatoms. The van der Waals surface area contributed by atoms with Crippen molar-refractivity contribution in [2.24, 2.45) is 5.92 Å². The highest BCUT2D eigenvalue weighted by atomic mass is 16.4. The van der Waals surface area contributed by atoms with Gasteiger partial charge in [-0.25, -0.2) is 0 Å². The van der Waals surface area contributed by atoms with Gasteiger partial charge in [0.2, 0.25) is 23.4 Å². The molecule has 1 N–H and O–H groups in total. The van der Waals surface area contributed by atoms with Gasteiger partial charge in [-0.3, -0.25) is 9.59 Å². The van der Waals surface area contributed by atoms with Crippen LogP contribution < -0.4 is 10.2 Å². The lowest BCUT2D eigenvalue weighted by atomic mass is 10.2. The molecule has 9 nitrogen and oxygen atoms in total. The molecule has 0 bridgehead atoms. The normalized spacial score (nSPS) is 16.5. The van der Waals surface area contributed by atoms with Crippen LogP contribution in [0.5, 0.6) is 0 Å². The molecule has 2 amide bonds. The molecule has 4 rings (SSSR count). The number of nitrogens with one attached hydrogen (secondary N) is 1. The Labute approximate surface area is 168 Å². The summed E-state index contributed by atoms with van der Waals surface area (Å²) in [5, 5.41) is 12.3. The third-order valence-electron chi connectivity index (χ3n) is 5.18. The van der Waals surface area contributed by atoms with Crippen molar-refractivity contribution in [2.45, 2.75) is 25.7 Å². The first-order chi connectivity index (χ1) is 14.2. The van der Waals surface area contributed by atoms with Gasteiger partial charge in [0.1, 0.15) is 6.07 Å². The molecule has 0 spiro atoms. The van der Waals surface area contributed by atoms with E-state index in [0.29, 0.717) is 57.2 Å². The summed E-state index contributed by atoms with van der Waals surface area (Å²) in [4.78, 5) is 32.0. The van der Waals surface area contributed by atoms with E-state index in [2.05, 4.69) is 16.4 Å². The molecular weight excluding hydrogens is 374 g/mol. The molecule has 1 saturated carbocycles. The summed E-state index contributed by atoms with van der Waals surface area (Å²) >= 11 is 0. The Kier molecular flexibility index (Phi) is 5.51. The number of hydrogen-bond acceptors (Lipinski definition) is 7. The molecule has 0 unspecified atom stereocenters. The fourth-order valence-electron chi connectivity index (χ4n) is 3.36. The number of nitrogens with zero attached hydrogens (tertiary/aromatic N) is 4. The van der Waals surface area contributed by atoms with Crippen LogP contribution in [0.4, 0.5) is 5.88 Å². The number of oxazole rings is 1. The molecule has 2 fully saturated rings. The third kappa shape index (κ3) is 4.42. The van der Waals surface area contributed by atoms with E-state index in [1.54, 1.807) is 12.1 Å². The number of amides is 2. The number of anilines is 1. The monoisotopic (exact) mass is 397 g/mol. The average Bonchev–Trinajstić information content (AvgIpc) is 3.28. The topological polar surface area (TPSA) is 116 Å². The Bertz CT molecular complexity index is 902. The van der Waals surface area contributed by atoms with E-state index < -0.39 is 0 Å². The van der Waals surface area contributed by atoms with Crippen LogP contribution in [0, 0.1) is 17.2 Å². The molecule has 1 aliphatic carbocycles. The van der Waals surface area contributed by atoms with Gasteiger partial charge in [-0.1, -0.05) is 0 Å². The maximum Gasteiger partial charge on any atom is 0.266 e. The van der Waals surface area contributed by atoms with Gasteiger partial charge in [-0.2, -0.15) is 10.2 Å². The number of carbonyl (C=O) groups is 2. The predicted octanol–water partition coefficient (Wildman–Crippen LogP) is 1.76. The zero-order chi connectivity index (χ0) is 20.2. The first-order valence-corrected chi connectivity index (χ1v) is 9.91. The second kappa shape index (κ2) is 8.39. The Morgan fingerprint density at radius 1 is 1.28 bits per heavy atom. The van der Waals surface area contributed by atoms with E-state index in [-0.39, 0.29) is 29.3 Å². The van der Waals surface area contributed by atoms with E-state index in [1.807, 2.05) is 9.80 Å². The number of hydrogen-bond donors (Lipinski definition) is 1. The second-order valence-electron chi connectivity index (χ2n) is 7.30. The molecule has 2 aliphatic rings. The first kappa shape index (κ1) is 19.1. The van der Waals surface area contributed by atoms with Crippen LogP contribution in [0.1, 0.15) is 31.4 Å². The summed E-state index contributed by atoms with van der Waals surface area (Å²) in [5.41, 5.74) is 0.211. The van der Waals surface area contributed by atoms with Crippen LogP contribution in [0.2, 0.25) is 0 Å². The predicted molar refractivity (Wildman–Crippen MR) is 103 cm³/mol. The zero-order valence-electron chi connectivity index (χ0n) is 16.1. The maximum absolute atomic E-state index is 12.4. The summed E-state index contributed by atoms with van der Waals surface area (Å²) in [6.07, 6.45) is 4.55. The van der Waals surface area contributed by atoms with Crippen LogP contribution in [-0.2, 0) is 9.59 Å². The number of piperazine rings is 1. The zero-order valence-corrected chi connectivity index (χ0v) is 16.1. The lowest BCUT2D eigenvalue weighted by Gasteiger charge is -2.34. The minimum atomic E-state index is 0.0830. The Morgan fingerprint density at radius 2 is 2.07 bits per heavy atom. The molecule has 29 heavy (non-hydrogen) atoms. The standard InChI is InChI=1S/C20H23N5O4/c21-13-15-20(29-19(23-15)16-3-2-12-28-16)25-10-8-24(9-11-25)17(26)4-1-7-22-18(27)14-5-6-14/h2-3,12,14H,1,4-11H2,(H,22,27). The molecule has 0 radical (unpaired) electrons. The fourth-order valence-corrected chi connectivity index (χ4v) is 3.36. The van der Waals surface area contributed by atoms with E-state index in [1.165, 1.54) is 6.26 Å². The summed E-state index contributed by atoms with van der Waals surface area (Å²) < 4.78 is 11.0. The molecule has 1 aliphatic heterocycles. The van der Waals surface area contributed by atoms with Crippen LogP contribution >= 0.6 is 0 Å². The highest BCUT2D eigenvalue weighted by molar-refractivity contribution is 5.81. The quantitative estimate of drug-likeness (QED) is 0.708. The van der Waals surface area contributed by atoms with Gasteiger partial charge < -0.3 is 24.0 Å². The highest BCUT2D eigenvalue weighted by Crippen LogP contribution is 2.29. The molecular formula is C20H23N5O4. The van der Waals surface area contributed by atoms with Crippen molar-refractivity contribution in [1.82, 2.24) is 15.2 Å². The summed E-state index contributed by atoms with van der Waals surface area (Å²) in [7, 11) is 0. The Hall–Kier alpha value is -3.28. The van der Waals surface area contributed by atoms with Gasteiger partial charge >= 0.3 is 0 Å². The maximum atomic E-state index is 12.4. The van der Waals surface area contributed by atoms with E-state index in [0.717, 1.165) is 12.8 Å². The third-order valence-corrected chi connectivity index (χ3v) is 5.18. The van der Waals surface area contributed by atoms with Gasteiger partial charge in [-0.05, 0) is 31.4 Å². The number of carbonyl (C=O) groups excluding carboxylic acids is 2. The van der Waals surface area contributed by atoms with E-state index >= 15 is 0 Å². The molecule has 0 atom stereocenters. The van der Waals surface area contributed by atoms with Gasteiger partial charge in [0.05, 0.1) is 6.26 Å². The summed E-state index contributed by atoms with van der Waals surface area (Å²) in [6, 6.07) is 5.51. The van der Waals surface area contributed by atoms with Crippen LogP contribution in [0.25, 0.3) is 11.7 Å². The van der Waals surface area contributed by atoms with Crippen LogP contribution in [0.15, 0.2) is 27.2 Å². The Morgan fingerprint density at radius 3 is 2.72 bits per heavy atom. The minimum absolute atomic E-state index is 0.0830. The molecule has 2 aromatic heterocycles. The summed E-state index contributed by atoms with van der Waals surface area (Å²) in [5.74, 6) is 1.54. The van der Waals surface area contributed by atoms with Crippen molar-refractivity contribution in [3.63, 3.8) is 0 Å². The molecule has 2 aromatic rings. The molecule has 0 aromatic carbocycles. The number of furan rings is 1. The SMILES string of the molecule is N#Cc1nc(-c2ccco2)oc1N1CCN(C(=O)CCCNC(=O)C2CC2)CC1. The van der Waals surface area contributed by atoms with Crippen molar-refractivity contribution < 1.29 is 18.4 Å². The first-order valence-electron chi connectivity index (χ1n) is 9.91. The van der Waals surface area contributed by atoms with Crippen molar-refractivity contribution in [3.8, 4) is 17.7 Å². The van der Waals surface area contributed by atoms with Crippen molar-refractivity contribution in [1.29, 1.82) is 5.26 Å². The average molecular weight is 397 g/mol. The second-order valence-corrected chi connectivity index (χ2v) is 7.30. The van der Waals surface area contributed by atoms with E-state index in [9.17, 15) is 14.9 Å². The smallest absolute Gasteiger partial charge is 0.266 e. The highest BCUT2D eigenvalue weighted by Gasteiger charge is 2.29. The largest absolute Gasteiger partial charge is 0.459 e. The van der Waals surface area contributed by atoms with Crippen molar-refractivity contribution in [2.75, 3.05) is 37.6 Å². The molecule has 1 saturated heterocycles. The fraction of sp³-hybridized carbons (Fsp3) is 0.500. The van der Waals surface area contributed by atoms with Crippen LogP contribution in [-0.4, -0.2) is 54.4 Å². The van der Waals surface area contributed by atoms with Crippen LogP contribution in [0.3, 0.4) is 0 Å². The van der Waals surface area contributed by atoms with Crippen molar-refractivity contribution in [3.05, 3.63) is 24.1 Å². The lowest BCUT2D eigenvalue weighted by molar-refractivity contribution is -0.131. The van der Waals surface area contributed by atoms with Gasteiger partial charge in [0.25, 0.3) is 5.89 Å². The lowest BCUT2D eigenvalue weighted by Crippen LogP contribution is -2.49. The number of rotatable bonds is 7. The van der Waals surface area contributed by atoms with Gasteiger partial charge in [-0.15, -0.1) is 0 Å². The van der Waals surface area contributed by atoms with Gasteiger partial charge in [0.15, 0.2) is 5.76 Å². The van der Waals surface area contributed by atoms with E-state index in [4.69, 9.17) is 8.83 Å². The molecule has 3 heterocycles. The van der Waals surface area contributed by atoms with Crippen molar-refractivity contribution >= 4 is 17.7 Å².